The van der Waals surface area contributed by atoms with Crippen LogP contribution in [0.3, 0.4) is 0 Å². The fourth-order valence-corrected chi connectivity index (χ4v) is 2.35. The van der Waals surface area contributed by atoms with Crippen LogP contribution in [-0.4, -0.2) is 48.2 Å². The molecule has 4 nitrogen and oxygen atoms in total. The Kier molecular flexibility index (Phi) is 5.77. The Morgan fingerprint density at radius 2 is 2.12 bits per heavy atom. The molecule has 1 fully saturated rings. The smallest absolute Gasteiger partial charge is 0.304 e. The number of carbonyl (C=O) groups is 1. The van der Waals surface area contributed by atoms with Crippen LogP contribution < -0.4 is 5.32 Å². The fourth-order valence-electron chi connectivity index (χ4n) is 2.35. The van der Waals surface area contributed by atoms with Crippen molar-refractivity contribution in [1.82, 2.24) is 10.2 Å². The Morgan fingerprint density at radius 1 is 1.50 bits per heavy atom. The normalized spacial score (nSPS) is 19.2. The van der Waals surface area contributed by atoms with Crippen LogP contribution in [0.15, 0.2) is 0 Å². The van der Waals surface area contributed by atoms with Crippen molar-refractivity contribution in [2.45, 2.75) is 51.1 Å². The van der Waals surface area contributed by atoms with Gasteiger partial charge in [0.2, 0.25) is 0 Å². The topological polar surface area (TPSA) is 52.6 Å². The molecule has 0 radical (unpaired) electrons. The molecule has 0 amide bonds. The van der Waals surface area contributed by atoms with Crippen molar-refractivity contribution in [2.24, 2.45) is 0 Å². The van der Waals surface area contributed by atoms with Gasteiger partial charge < -0.3 is 15.3 Å². The average Bonchev–Trinajstić information content (AvgIpc) is 2.68. The Morgan fingerprint density at radius 3 is 2.69 bits per heavy atom. The molecule has 0 bridgehead atoms. The highest BCUT2D eigenvalue weighted by Gasteiger charge is 2.18. The average molecular weight is 228 g/mol. The van der Waals surface area contributed by atoms with E-state index in [9.17, 15) is 4.79 Å². The highest BCUT2D eigenvalue weighted by atomic mass is 16.4. The third-order valence-electron chi connectivity index (χ3n) is 3.39. The highest BCUT2D eigenvalue weighted by Crippen LogP contribution is 2.21. The number of nitrogens with zero attached hydrogens (tertiary/aromatic N) is 1. The first-order chi connectivity index (χ1) is 7.59. The predicted octanol–water partition coefficient (Wildman–Crippen LogP) is 1.31. The number of aliphatic carboxylic acids is 1. The van der Waals surface area contributed by atoms with Gasteiger partial charge >= 0.3 is 5.97 Å². The van der Waals surface area contributed by atoms with Crippen molar-refractivity contribution < 1.29 is 9.90 Å². The summed E-state index contributed by atoms with van der Waals surface area (Å²) in [5, 5.41) is 11.9. The summed E-state index contributed by atoms with van der Waals surface area (Å²) in [4.78, 5) is 12.9. The fraction of sp³-hybridized carbons (Fsp3) is 0.917. The molecule has 1 atom stereocenters. The number of hydrogen-bond donors (Lipinski definition) is 2. The van der Waals surface area contributed by atoms with Gasteiger partial charge in [0, 0.05) is 25.2 Å². The van der Waals surface area contributed by atoms with Gasteiger partial charge in [-0.3, -0.25) is 4.79 Å². The van der Waals surface area contributed by atoms with E-state index in [4.69, 9.17) is 5.11 Å². The molecule has 4 heteroatoms. The second-order valence-corrected chi connectivity index (χ2v) is 4.87. The largest absolute Gasteiger partial charge is 0.481 e. The second kappa shape index (κ2) is 6.86. The van der Waals surface area contributed by atoms with Crippen LogP contribution in [0.4, 0.5) is 0 Å². The minimum Gasteiger partial charge on any atom is -0.481 e. The Bertz CT molecular complexity index is 215. The maximum atomic E-state index is 10.5. The lowest BCUT2D eigenvalue weighted by atomic mass is 10.2. The van der Waals surface area contributed by atoms with Gasteiger partial charge in [-0.1, -0.05) is 12.8 Å². The highest BCUT2D eigenvalue weighted by molar-refractivity contribution is 5.67. The van der Waals surface area contributed by atoms with Crippen molar-refractivity contribution in [2.75, 3.05) is 20.1 Å². The first-order valence-electron chi connectivity index (χ1n) is 6.25. The Labute approximate surface area is 98.0 Å². The summed E-state index contributed by atoms with van der Waals surface area (Å²) in [5.74, 6) is -0.732. The molecular formula is C12H24N2O2. The molecule has 0 saturated heterocycles. The van der Waals surface area contributed by atoms with E-state index in [0.717, 1.165) is 19.1 Å². The zero-order chi connectivity index (χ0) is 12.0. The van der Waals surface area contributed by atoms with Crippen LogP contribution in [0.2, 0.25) is 0 Å². The molecule has 0 aromatic rings. The number of carboxylic acids is 1. The lowest BCUT2D eigenvalue weighted by molar-refractivity contribution is -0.137. The maximum absolute atomic E-state index is 10.5. The van der Waals surface area contributed by atoms with E-state index < -0.39 is 5.97 Å². The molecule has 1 saturated carbocycles. The molecule has 94 valence electrons. The van der Waals surface area contributed by atoms with Gasteiger partial charge in [-0.25, -0.2) is 0 Å². The summed E-state index contributed by atoms with van der Waals surface area (Å²) in [5.41, 5.74) is 0. The molecular weight excluding hydrogens is 204 g/mol. The zero-order valence-electron chi connectivity index (χ0n) is 10.4. The third kappa shape index (κ3) is 4.94. The van der Waals surface area contributed by atoms with Crippen molar-refractivity contribution in [1.29, 1.82) is 0 Å². The molecule has 0 aromatic carbocycles. The van der Waals surface area contributed by atoms with Crippen molar-refractivity contribution in [3.05, 3.63) is 0 Å². The monoisotopic (exact) mass is 228 g/mol. The number of carboxylic acid groups (broad SMARTS) is 1. The van der Waals surface area contributed by atoms with Crippen LogP contribution in [0.1, 0.15) is 39.0 Å². The zero-order valence-corrected chi connectivity index (χ0v) is 10.4. The molecule has 0 spiro atoms. The SMILES string of the molecule is CC(CC(=O)O)NCCN(C)C1CCCC1. The predicted molar refractivity (Wildman–Crippen MR) is 64.6 cm³/mol. The number of nitrogens with one attached hydrogen (secondary N) is 1. The molecule has 2 N–H and O–H groups in total. The molecule has 0 aliphatic heterocycles. The standard InChI is InChI=1S/C12H24N2O2/c1-10(9-12(15)16)13-7-8-14(2)11-5-3-4-6-11/h10-11,13H,3-9H2,1-2H3,(H,15,16). The van der Waals surface area contributed by atoms with Crippen LogP contribution in [-0.2, 0) is 4.79 Å². The lowest BCUT2D eigenvalue weighted by Crippen LogP contribution is -2.38. The first kappa shape index (κ1) is 13.5. The van der Waals surface area contributed by atoms with Gasteiger partial charge in [0.1, 0.15) is 0 Å². The molecule has 1 aliphatic rings. The van der Waals surface area contributed by atoms with E-state index in [0.29, 0.717) is 0 Å². The summed E-state index contributed by atoms with van der Waals surface area (Å²) >= 11 is 0. The van der Waals surface area contributed by atoms with Crippen LogP contribution in [0.25, 0.3) is 0 Å². The second-order valence-electron chi connectivity index (χ2n) is 4.87. The van der Waals surface area contributed by atoms with Crippen LogP contribution in [0, 0.1) is 0 Å². The summed E-state index contributed by atoms with van der Waals surface area (Å²) in [6, 6.07) is 0.811. The molecule has 16 heavy (non-hydrogen) atoms. The minimum atomic E-state index is -0.732. The van der Waals surface area contributed by atoms with E-state index in [1.807, 2.05) is 6.92 Å². The van der Waals surface area contributed by atoms with Crippen molar-refractivity contribution >= 4 is 5.97 Å². The van der Waals surface area contributed by atoms with Gasteiger partial charge in [0.15, 0.2) is 0 Å². The Balaban J connectivity index is 2.07. The summed E-state index contributed by atoms with van der Waals surface area (Å²) in [6.07, 6.45) is 5.56. The van der Waals surface area contributed by atoms with Gasteiger partial charge in [-0.05, 0) is 26.8 Å². The molecule has 0 heterocycles. The quantitative estimate of drug-likeness (QED) is 0.690. The number of rotatable bonds is 7. The molecule has 1 rings (SSSR count). The maximum Gasteiger partial charge on any atom is 0.304 e. The summed E-state index contributed by atoms with van der Waals surface area (Å²) < 4.78 is 0. The van der Waals surface area contributed by atoms with Crippen LogP contribution >= 0.6 is 0 Å². The molecule has 1 aliphatic carbocycles. The third-order valence-corrected chi connectivity index (χ3v) is 3.39. The van der Waals surface area contributed by atoms with Gasteiger partial charge in [-0.2, -0.15) is 0 Å². The van der Waals surface area contributed by atoms with E-state index in [2.05, 4.69) is 17.3 Å². The van der Waals surface area contributed by atoms with Gasteiger partial charge in [0.05, 0.1) is 6.42 Å². The lowest BCUT2D eigenvalue weighted by Gasteiger charge is -2.24. The Hall–Kier alpha value is -0.610. The number of likely N-dealkylation sites (N-methyl/N-ethyl adjacent to an activating group) is 1. The van der Waals surface area contributed by atoms with Crippen molar-refractivity contribution in [3.63, 3.8) is 0 Å². The minimum absolute atomic E-state index is 0.0643. The van der Waals surface area contributed by atoms with E-state index in [-0.39, 0.29) is 12.5 Å². The van der Waals surface area contributed by atoms with Gasteiger partial charge in [0.25, 0.3) is 0 Å². The van der Waals surface area contributed by atoms with Crippen LogP contribution in [0.5, 0.6) is 0 Å². The molecule has 0 aromatic heterocycles. The van der Waals surface area contributed by atoms with Crippen molar-refractivity contribution in [3.8, 4) is 0 Å². The molecule has 1 unspecified atom stereocenters. The summed E-state index contributed by atoms with van der Waals surface area (Å²) in [7, 11) is 2.17. The van der Waals surface area contributed by atoms with Gasteiger partial charge in [-0.15, -0.1) is 0 Å². The van der Waals surface area contributed by atoms with E-state index in [1.54, 1.807) is 0 Å². The van der Waals surface area contributed by atoms with E-state index >= 15 is 0 Å². The van der Waals surface area contributed by atoms with E-state index in [1.165, 1.54) is 25.7 Å². The summed E-state index contributed by atoms with van der Waals surface area (Å²) in [6.45, 7) is 3.81. The number of hydrogen-bond acceptors (Lipinski definition) is 3. The first-order valence-corrected chi connectivity index (χ1v) is 6.25.